The van der Waals surface area contributed by atoms with Gasteiger partial charge in [0.2, 0.25) is 0 Å². The van der Waals surface area contributed by atoms with Gasteiger partial charge in [-0.1, -0.05) is 18.2 Å². The number of H-pyrrole nitrogens is 1. The molecule has 7 heteroatoms. The molecule has 0 spiro atoms. The van der Waals surface area contributed by atoms with Gasteiger partial charge in [-0.15, -0.1) is 0 Å². The van der Waals surface area contributed by atoms with Crippen molar-refractivity contribution in [2.75, 3.05) is 20.8 Å². The van der Waals surface area contributed by atoms with E-state index in [2.05, 4.69) is 9.97 Å². The number of hydrogen-bond donors (Lipinski definition) is 2. The van der Waals surface area contributed by atoms with Crippen molar-refractivity contribution in [2.45, 2.75) is 20.0 Å². The molecule has 0 aliphatic heterocycles. The number of fused-ring (bicyclic) bond motifs is 1. The summed E-state index contributed by atoms with van der Waals surface area (Å²) in [6, 6.07) is 10.0. The summed E-state index contributed by atoms with van der Waals surface area (Å²) in [5.74, 6) is 1.32. The fourth-order valence-electron chi connectivity index (χ4n) is 3.06. The second-order valence-corrected chi connectivity index (χ2v) is 6.29. The molecule has 0 radical (unpaired) electrons. The van der Waals surface area contributed by atoms with E-state index in [1.165, 1.54) is 20.3 Å². The first kappa shape index (κ1) is 18.8. The number of methoxy groups -OCH3 is 2. The average molecular weight is 372 g/mol. The van der Waals surface area contributed by atoms with Crippen LogP contribution in [-0.4, -0.2) is 30.7 Å². The zero-order valence-corrected chi connectivity index (χ0v) is 15.6. The third kappa shape index (κ3) is 4.09. The van der Waals surface area contributed by atoms with Gasteiger partial charge in [-0.25, -0.2) is 9.37 Å². The van der Waals surface area contributed by atoms with Crippen LogP contribution in [0.3, 0.4) is 0 Å². The van der Waals surface area contributed by atoms with Gasteiger partial charge in [-0.3, -0.25) is 4.79 Å². The largest absolute Gasteiger partial charge is 0.493 e. The van der Waals surface area contributed by atoms with Gasteiger partial charge >= 0.3 is 0 Å². The highest BCUT2D eigenvalue weighted by Crippen LogP contribution is 2.29. The minimum absolute atomic E-state index is 0.222. The molecule has 3 rings (SSSR count). The maximum Gasteiger partial charge on any atom is 0.259 e. The molecule has 0 saturated carbocycles. The Hall–Kier alpha value is -2.93. The van der Waals surface area contributed by atoms with Crippen LogP contribution in [0.25, 0.3) is 10.9 Å². The van der Waals surface area contributed by atoms with Crippen LogP contribution in [0, 0.1) is 5.82 Å². The fraction of sp³-hybridized carbons (Fsp3) is 0.300. The Balaban J connectivity index is 1.91. The lowest BCUT2D eigenvalue weighted by Crippen LogP contribution is -3.09. The Kier molecular flexibility index (Phi) is 5.71. The lowest BCUT2D eigenvalue weighted by molar-refractivity contribution is -0.926. The minimum Gasteiger partial charge on any atom is -0.493 e. The second kappa shape index (κ2) is 8.18. The van der Waals surface area contributed by atoms with E-state index in [-0.39, 0.29) is 11.4 Å². The van der Waals surface area contributed by atoms with Gasteiger partial charge in [0.15, 0.2) is 17.3 Å². The Morgan fingerprint density at radius 3 is 2.48 bits per heavy atom. The number of hydrogen-bond acceptors (Lipinski definition) is 4. The van der Waals surface area contributed by atoms with E-state index in [1.54, 1.807) is 24.3 Å². The molecular weight excluding hydrogens is 349 g/mol. The van der Waals surface area contributed by atoms with Gasteiger partial charge in [-0.2, -0.15) is 0 Å². The molecule has 142 valence electrons. The summed E-state index contributed by atoms with van der Waals surface area (Å²) in [5.41, 5.74) is 0.939. The predicted octanol–water partition coefficient (Wildman–Crippen LogP) is 1.68. The Morgan fingerprint density at radius 1 is 1.11 bits per heavy atom. The van der Waals surface area contributed by atoms with Crippen LogP contribution in [0.15, 0.2) is 41.2 Å². The van der Waals surface area contributed by atoms with Crippen LogP contribution in [0.2, 0.25) is 0 Å². The molecule has 6 nitrogen and oxygen atoms in total. The smallest absolute Gasteiger partial charge is 0.259 e. The van der Waals surface area contributed by atoms with Gasteiger partial charge in [0.05, 0.1) is 31.7 Å². The van der Waals surface area contributed by atoms with Crippen LogP contribution in [-0.2, 0) is 13.1 Å². The molecule has 0 saturated heterocycles. The van der Waals surface area contributed by atoms with Gasteiger partial charge in [0.1, 0.15) is 18.9 Å². The van der Waals surface area contributed by atoms with Crippen molar-refractivity contribution < 1.29 is 18.8 Å². The van der Waals surface area contributed by atoms with E-state index < -0.39 is 0 Å². The zero-order valence-electron chi connectivity index (χ0n) is 15.6. The standard InChI is InChI=1S/C20H22FN3O3/c1-4-24(11-13-7-5-6-8-15(13)21)12-19-22-16-10-18(27-3)17(26-2)9-14(16)20(25)23-19/h5-10H,4,11-12H2,1-3H3,(H,22,23,25)/p+1. The van der Waals surface area contributed by atoms with E-state index in [1.807, 2.05) is 13.0 Å². The number of benzene rings is 2. The molecule has 0 aliphatic rings. The quantitative estimate of drug-likeness (QED) is 0.662. The SMILES string of the molecule is CC[NH+](Cc1nc2cc(OC)c(OC)cc2c(=O)[nH]1)Cc1ccccc1F. The van der Waals surface area contributed by atoms with Crippen molar-refractivity contribution in [3.05, 3.63) is 64.0 Å². The highest BCUT2D eigenvalue weighted by Gasteiger charge is 2.15. The number of aromatic amines is 1. The van der Waals surface area contributed by atoms with Crippen molar-refractivity contribution in [3.63, 3.8) is 0 Å². The fourth-order valence-corrected chi connectivity index (χ4v) is 3.06. The number of quaternary nitrogens is 1. The number of nitrogens with one attached hydrogen (secondary N) is 2. The van der Waals surface area contributed by atoms with E-state index in [9.17, 15) is 9.18 Å². The lowest BCUT2D eigenvalue weighted by atomic mass is 10.2. The van der Waals surface area contributed by atoms with Gasteiger partial charge < -0.3 is 19.4 Å². The van der Waals surface area contributed by atoms with Crippen molar-refractivity contribution in [3.8, 4) is 11.5 Å². The Morgan fingerprint density at radius 2 is 1.81 bits per heavy atom. The molecule has 0 amide bonds. The second-order valence-electron chi connectivity index (χ2n) is 6.29. The van der Waals surface area contributed by atoms with Crippen molar-refractivity contribution in [1.29, 1.82) is 0 Å². The molecule has 1 heterocycles. The monoisotopic (exact) mass is 372 g/mol. The molecular formula is C20H23FN3O3+. The molecule has 1 unspecified atom stereocenters. The summed E-state index contributed by atoms with van der Waals surface area (Å²) in [6.07, 6.45) is 0. The van der Waals surface area contributed by atoms with Crippen molar-refractivity contribution in [1.82, 2.24) is 9.97 Å². The molecule has 0 fully saturated rings. The number of ether oxygens (including phenoxy) is 2. The van der Waals surface area contributed by atoms with Crippen LogP contribution < -0.4 is 19.9 Å². The van der Waals surface area contributed by atoms with Gasteiger partial charge in [0, 0.05) is 11.6 Å². The minimum atomic E-state index is -0.239. The zero-order chi connectivity index (χ0) is 19.4. The van der Waals surface area contributed by atoms with Crippen molar-refractivity contribution >= 4 is 10.9 Å². The summed E-state index contributed by atoms with van der Waals surface area (Å²) in [7, 11) is 3.06. The predicted molar refractivity (Wildman–Crippen MR) is 101 cm³/mol. The third-order valence-corrected chi connectivity index (χ3v) is 4.58. The first-order valence-corrected chi connectivity index (χ1v) is 8.77. The van der Waals surface area contributed by atoms with Crippen LogP contribution >= 0.6 is 0 Å². The number of halogens is 1. The summed E-state index contributed by atoms with van der Waals surface area (Å²) >= 11 is 0. The Bertz CT molecular complexity index is 1000. The highest BCUT2D eigenvalue weighted by atomic mass is 19.1. The first-order valence-electron chi connectivity index (χ1n) is 8.77. The molecule has 2 aromatic carbocycles. The van der Waals surface area contributed by atoms with Crippen LogP contribution in [0.4, 0.5) is 4.39 Å². The molecule has 1 atom stereocenters. The maximum absolute atomic E-state index is 13.9. The van der Waals surface area contributed by atoms with E-state index >= 15 is 0 Å². The average Bonchev–Trinajstić information content (AvgIpc) is 2.68. The van der Waals surface area contributed by atoms with E-state index in [0.29, 0.717) is 46.9 Å². The third-order valence-electron chi connectivity index (χ3n) is 4.58. The van der Waals surface area contributed by atoms with E-state index in [0.717, 1.165) is 11.4 Å². The topological polar surface area (TPSA) is 68.7 Å². The summed E-state index contributed by atoms with van der Waals surface area (Å²) < 4.78 is 24.5. The normalized spacial score (nSPS) is 12.1. The first-order chi connectivity index (χ1) is 13.0. The number of aromatic nitrogens is 2. The number of nitrogens with zero attached hydrogens (tertiary/aromatic N) is 1. The molecule has 0 aliphatic carbocycles. The van der Waals surface area contributed by atoms with Gasteiger partial charge in [0.25, 0.3) is 5.56 Å². The molecule has 27 heavy (non-hydrogen) atoms. The number of rotatable bonds is 7. The Labute approximate surface area is 156 Å². The van der Waals surface area contributed by atoms with Gasteiger partial charge in [-0.05, 0) is 19.1 Å². The van der Waals surface area contributed by atoms with Crippen LogP contribution in [0.5, 0.6) is 11.5 Å². The summed E-state index contributed by atoms with van der Waals surface area (Å²) in [4.78, 5) is 21.0. The lowest BCUT2D eigenvalue weighted by Gasteiger charge is -2.18. The molecule has 0 bridgehead atoms. The highest BCUT2D eigenvalue weighted by molar-refractivity contribution is 5.81. The van der Waals surface area contributed by atoms with Crippen molar-refractivity contribution in [2.24, 2.45) is 0 Å². The molecule has 1 aromatic heterocycles. The van der Waals surface area contributed by atoms with E-state index in [4.69, 9.17) is 9.47 Å². The maximum atomic E-state index is 13.9. The summed E-state index contributed by atoms with van der Waals surface area (Å²) in [5, 5.41) is 0.434. The summed E-state index contributed by atoms with van der Waals surface area (Å²) in [6.45, 7) is 3.77. The molecule has 3 aromatic rings. The molecule has 2 N–H and O–H groups in total. The van der Waals surface area contributed by atoms with Crippen LogP contribution in [0.1, 0.15) is 18.3 Å².